The van der Waals surface area contributed by atoms with Crippen LogP contribution in [-0.4, -0.2) is 71.8 Å². The lowest BCUT2D eigenvalue weighted by Gasteiger charge is -2.44. The van der Waals surface area contributed by atoms with Crippen LogP contribution in [0.3, 0.4) is 0 Å². The van der Waals surface area contributed by atoms with Crippen molar-refractivity contribution in [2.24, 2.45) is 5.92 Å². The number of imide groups is 1. The molecule has 3 aliphatic heterocycles. The fourth-order valence-electron chi connectivity index (χ4n) is 4.54. The lowest BCUT2D eigenvalue weighted by molar-refractivity contribution is -0.138. The molecule has 3 atom stereocenters. The number of anilines is 1. The van der Waals surface area contributed by atoms with Crippen molar-refractivity contribution in [2.45, 2.75) is 52.1 Å². The summed E-state index contributed by atoms with van der Waals surface area (Å²) < 4.78 is 0. The van der Waals surface area contributed by atoms with Crippen molar-refractivity contribution in [3.63, 3.8) is 0 Å². The number of benzene rings is 1. The van der Waals surface area contributed by atoms with Gasteiger partial charge in [0.25, 0.3) is 5.91 Å². The molecule has 3 aliphatic rings. The third-order valence-electron chi connectivity index (χ3n) is 6.29. The van der Waals surface area contributed by atoms with E-state index in [1.165, 1.54) is 4.90 Å². The molecule has 3 fully saturated rings. The van der Waals surface area contributed by atoms with Gasteiger partial charge in [0.1, 0.15) is 18.5 Å². The summed E-state index contributed by atoms with van der Waals surface area (Å²) in [5.41, 5.74) is 2.07. The molecule has 1 aromatic rings. The molecular formula is C21H30ClN5O2. The zero-order valence-corrected chi connectivity index (χ0v) is 18.3. The van der Waals surface area contributed by atoms with Gasteiger partial charge in [0.15, 0.2) is 0 Å². The summed E-state index contributed by atoms with van der Waals surface area (Å²) >= 11 is 6.37. The van der Waals surface area contributed by atoms with Gasteiger partial charge in [0.05, 0.1) is 0 Å². The summed E-state index contributed by atoms with van der Waals surface area (Å²) in [6.07, 6.45) is 1.30. The second-order valence-corrected chi connectivity index (χ2v) is 9.12. The van der Waals surface area contributed by atoms with E-state index >= 15 is 0 Å². The van der Waals surface area contributed by atoms with Gasteiger partial charge in [-0.25, -0.2) is 4.79 Å². The number of nitrogens with zero attached hydrogens (tertiary/aromatic N) is 4. The molecule has 0 aliphatic carbocycles. The SMILES string of the molecule is Cc1ccc(N2CCCN3C4C(=O)N(CCC(C)C)C(=O)N(C)C4NC23)cc1Cl. The van der Waals surface area contributed by atoms with Crippen LogP contribution in [0.25, 0.3) is 0 Å². The van der Waals surface area contributed by atoms with Gasteiger partial charge in [0, 0.05) is 37.4 Å². The Bertz CT molecular complexity index is 816. The molecule has 0 spiro atoms. The number of rotatable bonds is 4. The van der Waals surface area contributed by atoms with Gasteiger partial charge < -0.3 is 9.80 Å². The number of carbonyl (C=O) groups excluding carboxylic acids is 2. The Morgan fingerprint density at radius 3 is 2.69 bits per heavy atom. The standard InChI is InChI=1S/C21H30ClN5O2/c1-13(2)8-11-27-19(28)17-18(24(4)21(27)29)23-20-25(9-5-10-26(17)20)15-7-6-14(3)16(22)12-15/h6-7,12-13,17-18,20,23H,5,8-11H2,1-4H3. The van der Waals surface area contributed by atoms with Crippen molar-refractivity contribution in [2.75, 3.05) is 31.6 Å². The normalized spacial score (nSPS) is 27.7. The number of nitrogens with one attached hydrogen (secondary N) is 1. The summed E-state index contributed by atoms with van der Waals surface area (Å²) in [7, 11) is 1.79. The van der Waals surface area contributed by atoms with Crippen molar-refractivity contribution in [1.82, 2.24) is 20.0 Å². The van der Waals surface area contributed by atoms with Gasteiger partial charge in [0.2, 0.25) is 0 Å². The number of halogens is 1. The number of likely N-dealkylation sites (N-methyl/N-ethyl adjacent to an activating group) is 1. The Labute approximate surface area is 177 Å². The fraction of sp³-hybridized carbons (Fsp3) is 0.619. The summed E-state index contributed by atoms with van der Waals surface area (Å²) in [5.74, 6) is 0.349. The third kappa shape index (κ3) is 3.49. The minimum absolute atomic E-state index is 0.0856. The molecule has 0 aromatic heterocycles. The quantitative estimate of drug-likeness (QED) is 0.813. The number of aryl methyl sites for hydroxylation is 1. The van der Waals surface area contributed by atoms with Crippen molar-refractivity contribution in [3.8, 4) is 0 Å². The van der Waals surface area contributed by atoms with Crippen molar-refractivity contribution in [1.29, 1.82) is 0 Å². The molecule has 0 saturated carbocycles. The summed E-state index contributed by atoms with van der Waals surface area (Å²) in [4.78, 5) is 33.8. The Morgan fingerprint density at radius 1 is 1.24 bits per heavy atom. The van der Waals surface area contributed by atoms with Gasteiger partial charge in [-0.15, -0.1) is 0 Å². The number of hydrogen-bond donors (Lipinski definition) is 1. The molecule has 3 saturated heterocycles. The monoisotopic (exact) mass is 419 g/mol. The molecule has 0 bridgehead atoms. The van der Waals surface area contributed by atoms with Crippen molar-refractivity contribution < 1.29 is 9.59 Å². The number of hydrogen-bond acceptors (Lipinski definition) is 5. The molecule has 8 heteroatoms. The first-order valence-electron chi connectivity index (χ1n) is 10.4. The first-order chi connectivity index (χ1) is 13.8. The molecule has 3 amide bonds. The highest BCUT2D eigenvalue weighted by atomic mass is 35.5. The highest BCUT2D eigenvalue weighted by Crippen LogP contribution is 2.34. The Hall–Kier alpha value is -1.83. The van der Waals surface area contributed by atoms with E-state index in [1.807, 2.05) is 19.1 Å². The fourth-order valence-corrected chi connectivity index (χ4v) is 4.71. The molecule has 4 rings (SSSR count). The van der Waals surface area contributed by atoms with Crippen molar-refractivity contribution >= 4 is 29.2 Å². The van der Waals surface area contributed by atoms with Gasteiger partial charge in [-0.05, 0) is 43.4 Å². The van der Waals surface area contributed by atoms with E-state index in [2.05, 4.69) is 35.0 Å². The van der Waals surface area contributed by atoms with Gasteiger partial charge in [-0.1, -0.05) is 31.5 Å². The molecule has 7 nitrogen and oxygen atoms in total. The molecule has 1 aromatic carbocycles. The Kier molecular flexibility index (Phi) is 5.48. The van der Waals surface area contributed by atoms with Crippen molar-refractivity contribution in [3.05, 3.63) is 28.8 Å². The summed E-state index contributed by atoms with van der Waals surface area (Å²) in [6, 6.07) is 5.50. The lowest BCUT2D eigenvalue weighted by Crippen LogP contribution is -2.66. The largest absolute Gasteiger partial charge is 0.343 e. The van der Waals surface area contributed by atoms with Gasteiger partial charge >= 0.3 is 6.03 Å². The van der Waals surface area contributed by atoms with Gasteiger partial charge in [-0.3, -0.25) is 19.9 Å². The van der Waals surface area contributed by atoms with E-state index in [1.54, 1.807) is 11.9 Å². The van der Waals surface area contributed by atoms with Crippen LogP contribution < -0.4 is 10.2 Å². The van der Waals surface area contributed by atoms with Crippen LogP contribution in [-0.2, 0) is 4.79 Å². The van der Waals surface area contributed by atoms with E-state index in [-0.39, 0.29) is 30.4 Å². The van der Waals surface area contributed by atoms with Crippen LogP contribution in [0.15, 0.2) is 18.2 Å². The second-order valence-electron chi connectivity index (χ2n) is 8.71. The summed E-state index contributed by atoms with van der Waals surface area (Å²) in [6.45, 7) is 8.36. The van der Waals surface area contributed by atoms with Crippen LogP contribution in [0.1, 0.15) is 32.3 Å². The maximum absolute atomic E-state index is 13.3. The molecule has 158 valence electrons. The lowest BCUT2D eigenvalue weighted by atomic mass is 10.1. The number of amides is 3. The predicted molar refractivity (Wildman–Crippen MR) is 114 cm³/mol. The van der Waals surface area contributed by atoms with E-state index in [4.69, 9.17) is 11.6 Å². The smallest absolute Gasteiger partial charge is 0.327 e. The van der Waals surface area contributed by atoms with Crippen LogP contribution in [0.4, 0.5) is 10.5 Å². The molecule has 3 heterocycles. The second kappa shape index (κ2) is 7.78. The predicted octanol–water partition coefficient (Wildman–Crippen LogP) is 2.68. The Morgan fingerprint density at radius 2 is 2.00 bits per heavy atom. The topological polar surface area (TPSA) is 59.1 Å². The summed E-state index contributed by atoms with van der Waals surface area (Å²) in [5, 5.41) is 4.27. The zero-order valence-electron chi connectivity index (χ0n) is 17.6. The number of fused-ring (bicyclic) bond motifs is 3. The van der Waals surface area contributed by atoms with E-state index in [9.17, 15) is 9.59 Å². The first-order valence-corrected chi connectivity index (χ1v) is 10.8. The average Bonchev–Trinajstić information content (AvgIpc) is 3.08. The molecule has 1 N–H and O–H groups in total. The highest BCUT2D eigenvalue weighted by molar-refractivity contribution is 6.31. The maximum Gasteiger partial charge on any atom is 0.327 e. The highest BCUT2D eigenvalue weighted by Gasteiger charge is 2.55. The van der Waals surface area contributed by atoms with Crippen LogP contribution in [0.5, 0.6) is 0 Å². The van der Waals surface area contributed by atoms with Gasteiger partial charge in [-0.2, -0.15) is 0 Å². The maximum atomic E-state index is 13.3. The zero-order chi connectivity index (χ0) is 20.9. The van der Waals surface area contributed by atoms with E-state index in [0.717, 1.165) is 42.2 Å². The third-order valence-corrected chi connectivity index (χ3v) is 6.69. The minimum atomic E-state index is -0.362. The Balaban J connectivity index is 1.61. The van der Waals surface area contributed by atoms with E-state index < -0.39 is 0 Å². The average molecular weight is 420 g/mol. The molecule has 29 heavy (non-hydrogen) atoms. The first kappa shape index (κ1) is 20.4. The van der Waals surface area contributed by atoms with Crippen LogP contribution in [0, 0.1) is 12.8 Å². The van der Waals surface area contributed by atoms with Crippen LogP contribution >= 0.6 is 11.6 Å². The minimum Gasteiger partial charge on any atom is -0.343 e. The molecular weight excluding hydrogens is 390 g/mol. The number of urea groups is 1. The molecule has 3 unspecified atom stereocenters. The number of carbonyl (C=O) groups is 2. The van der Waals surface area contributed by atoms with E-state index in [0.29, 0.717) is 12.5 Å². The van der Waals surface area contributed by atoms with Crippen LogP contribution in [0.2, 0.25) is 5.02 Å². The molecule has 0 radical (unpaired) electrons.